The molecule has 1 aromatic rings. The van der Waals surface area contributed by atoms with E-state index in [1.165, 1.54) is 6.07 Å². The van der Waals surface area contributed by atoms with Gasteiger partial charge in [0.1, 0.15) is 0 Å². The number of carbonyl (C=O) groups excluding carboxylic acids is 1. The molecule has 0 unspecified atom stereocenters. The van der Waals surface area contributed by atoms with Gasteiger partial charge in [-0.25, -0.2) is 8.78 Å². The number of benzene rings is 1. The highest BCUT2D eigenvalue weighted by Crippen LogP contribution is 2.24. The Morgan fingerprint density at radius 3 is 2.73 bits per heavy atom. The van der Waals surface area contributed by atoms with Gasteiger partial charge in [-0.1, -0.05) is 6.08 Å². The van der Waals surface area contributed by atoms with Gasteiger partial charge in [-0.05, 0) is 34.5 Å². The molecular formula is C11H9BrF2O. The van der Waals surface area contributed by atoms with Crippen LogP contribution in [0.3, 0.4) is 0 Å². The van der Waals surface area contributed by atoms with E-state index in [2.05, 4.69) is 22.5 Å². The van der Waals surface area contributed by atoms with Crippen LogP contribution < -0.4 is 0 Å². The lowest BCUT2D eigenvalue weighted by Gasteiger charge is -2.04. The molecule has 0 aliphatic rings. The lowest BCUT2D eigenvalue weighted by Crippen LogP contribution is -2.02. The number of allylic oxidation sites excluding steroid dienone is 1. The summed E-state index contributed by atoms with van der Waals surface area (Å²) in [4.78, 5) is 11.5. The minimum absolute atomic E-state index is 0.114. The Balaban J connectivity index is 3.00. The Hall–Kier alpha value is -1.03. The average Bonchev–Trinajstić information content (AvgIpc) is 2.23. The molecule has 80 valence electrons. The summed E-state index contributed by atoms with van der Waals surface area (Å²) in [6, 6.07) is 2.22. The summed E-state index contributed by atoms with van der Waals surface area (Å²) in [5, 5.41) is 0. The predicted molar refractivity (Wildman–Crippen MR) is 57.8 cm³/mol. The molecule has 0 saturated heterocycles. The van der Waals surface area contributed by atoms with Crippen LogP contribution in [0.5, 0.6) is 0 Å². The summed E-state index contributed by atoms with van der Waals surface area (Å²) in [7, 11) is 0. The first-order chi connectivity index (χ1) is 7.07. The Labute approximate surface area is 94.9 Å². The van der Waals surface area contributed by atoms with Gasteiger partial charge in [0.15, 0.2) is 17.4 Å². The molecule has 0 saturated carbocycles. The Morgan fingerprint density at radius 2 is 2.13 bits per heavy atom. The molecule has 15 heavy (non-hydrogen) atoms. The van der Waals surface area contributed by atoms with Gasteiger partial charge < -0.3 is 0 Å². The quantitative estimate of drug-likeness (QED) is 0.463. The molecule has 0 atom stereocenters. The summed E-state index contributed by atoms with van der Waals surface area (Å²) < 4.78 is 25.7. The van der Waals surface area contributed by atoms with E-state index in [1.54, 1.807) is 6.08 Å². The number of ketones is 1. The summed E-state index contributed by atoms with van der Waals surface area (Å²) in [6.07, 6.45) is 2.36. The van der Waals surface area contributed by atoms with Crippen LogP contribution in [0.1, 0.15) is 23.2 Å². The SMILES string of the molecule is C=CCCC(=O)c1ccc(F)c(F)c1Br. The largest absolute Gasteiger partial charge is 0.294 e. The van der Waals surface area contributed by atoms with Crippen molar-refractivity contribution in [3.63, 3.8) is 0 Å². The van der Waals surface area contributed by atoms with Crippen LogP contribution in [0.15, 0.2) is 29.3 Å². The minimum atomic E-state index is -1.03. The van der Waals surface area contributed by atoms with Crippen molar-refractivity contribution in [2.75, 3.05) is 0 Å². The highest BCUT2D eigenvalue weighted by molar-refractivity contribution is 9.10. The van der Waals surface area contributed by atoms with Gasteiger partial charge in [0.05, 0.1) is 4.47 Å². The third-order valence-corrected chi connectivity index (χ3v) is 2.69. The molecule has 0 amide bonds. The minimum Gasteiger partial charge on any atom is -0.294 e. The van der Waals surface area contributed by atoms with E-state index in [4.69, 9.17) is 0 Å². The maximum atomic E-state index is 13.1. The first kappa shape index (κ1) is 12.0. The lowest BCUT2D eigenvalue weighted by molar-refractivity contribution is 0.0982. The highest BCUT2D eigenvalue weighted by atomic mass is 79.9. The summed E-state index contributed by atoms with van der Waals surface area (Å²) >= 11 is 2.86. The molecule has 0 bridgehead atoms. The molecule has 0 aliphatic heterocycles. The van der Waals surface area contributed by atoms with Crippen molar-refractivity contribution in [3.05, 3.63) is 46.5 Å². The van der Waals surface area contributed by atoms with Gasteiger partial charge in [0.25, 0.3) is 0 Å². The summed E-state index contributed by atoms with van der Waals surface area (Å²) in [5.41, 5.74) is 0.163. The van der Waals surface area contributed by atoms with Crippen LogP contribution in [0.25, 0.3) is 0 Å². The summed E-state index contributed by atoms with van der Waals surface area (Å²) in [6.45, 7) is 3.48. The van der Waals surface area contributed by atoms with Gasteiger partial charge in [-0.3, -0.25) is 4.79 Å². The zero-order chi connectivity index (χ0) is 11.4. The predicted octanol–water partition coefficient (Wildman–Crippen LogP) is 3.88. The van der Waals surface area contributed by atoms with E-state index in [0.717, 1.165) is 6.07 Å². The van der Waals surface area contributed by atoms with Crippen molar-refractivity contribution in [1.29, 1.82) is 0 Å². The van der Waals surface area contributed by atoms with E-state index in [9.17, 15) is 13.6 Å². The Morgan fingerprint density at radius 1 is 1.47 bits per heavy atom. The first-order valence-corrected chi connectivity index (χ1v) is 5.14. The molecule has 0 radical (unpaired) electrons. The van der Waals surface area contributed by atoms with E-state index in [0.29, 0.717) is 6.42 Å². The van der Waals surface area contributed by atoms with E-state index >= 15 is 0 Å². The molecule has 0 heterocycles. The van der Waals surface area contributed by atoms with Crippen molar-refractivity contribution in [1.82, 2.24) is 0 Å². The topological polar surface area (TPSA) is 17.1 Å². The number of hydrogen-bond acceptors (Lipinski definition) is 1. The van der Waals surface area contributed by atoms with Gasteiger partial charge in [-0.15, -0.1) is 6.58 Å². The van der Waals surface area contributed by atoms with Crippen LogP contribution in [0.2, 0.25) is 0 Å². The summed E-state index contributed by atoms with van der Waals surface area (Å²) in [5.74, 6) is -2.23. The number of carbonyl (C=O) groups is 1. The third kappa shape index (κ3) is 2.72. The molecule has 0 spiro atoms. The van der Waals surface area contributed by atoms with Crippen molar-refractivity contribution < 1.29 is 13.6 Å². The molecule has 0 fully saturated rings. The van der Waals surface area contributed by atoms with Crippen molar-refractivity contribution in [2.45, 2.75) is 12.8 Å². The lowest BCUT2D eigenvalue weighted by atomic mass is 10.1. The molecule has 1 rings (SSSR count). The van der Waals surface area contributed by atoms with Gasteiger partial charge >= 0.3 is 0 Å². The van der Waals surface area contributed by atoms with Crippen LogP contribution >= 0.6 is 15.9 Å². The van der Waals surface area contributed by atoms with E-state index in [1.807, 2.05) is 0 Å². The number of halogens is 3. The van der Waals surface area contributed by atoms with E-state index in [-0.39, 0.29) is 22.2 Å². The van der Waals surface area contributed by atoms with Crippen LogP contribution in [-0.4, -0.2) is 5.78 Å². The smallest absolute Gasteiger partial charge is 0.173 e. The van der Waals surface area contributed by atoms with Crippen LogP contribution in [0, 0.1) is 11.6 Å². The molecule has 4 heteroatoms. The fraction of sp³-hybridized carbons (Fsp3) is 0.182. The first-order valence-electron chi connectivity index (χ1n) is 4.35. The van der Waals surface area contributed by atoms with Gasteiger partial charge in [-0.2, -0.15) is 0 Å². The maximum Gasteiger partial charge on any atom is 0.173 e. The monoisotopic (exact) mass is 274 g/mol. The normalized spacial score (nSPS) is 10.1. The third-order valence-electron chi connectivity index (χ3n) is 1.91. The van der Waals surface area contributed by atoms with E-state index < -0.39 is 11.6 Å². The van der Waals surface area contributed by atoms with Crippen LogP contribution in [0.4, 0.5) is 8.78 Å². The standard InChI is InChI=1S/C11H9BrF2O/c1-2-3-4-9(15)7-5-6-8(13)11(14)10(7)12/h2,5-6H,1,3-4H2. The average molecular weight is 275 g/mol. The second-order valence-electron chi connectivity index (χ2n) is 2.97. The van der Waals surface area contributed by atoms with Crippen LogP contribution in [-0.2, 0) is 0 Å². The fourth-order valence-corrected chi connectivity index (χ4v) is 1.65. The second kappa shape index (κ2) is 5.16. The van der Waals surface area contributed by atoms with Gasteiger partial charge in [0, 0.05) is 12.0 Å². The zero-order valence-electron chi connectivity index (χ0n) is 7.90. The van der Waals surface area contributed by atoms with Gasteiger partial charge in [0.2, 0.25) is 0 Å². The molecular weight excluding hydrogens is 266 g/mol. The highest BCUT2D eigenvalue weighted by Gasteiger charge is 2.15. The fourth-order valence-electron chi connectivity index (χ4n) is 1.11. The second-order valence-corrected chi connectivity index (χ2v) is 3.77. The molecule has 1 aromatic carbocycles. The van der Waals surface area contributed by atoms with Crippen molar-refractivity contribution in [3.8, 4) is 0 Å². The van der Waals surface area contributed by atoms with Crippen molar-refractivity contribution >= 4 is 21.7 Å². The molecule has 0 aromatic heterocycles. The number of Topliss-reactive ketones (excluding diaryl/α,β-unsaturated/α-hetero) is 1. The maximum absolute atomic E-state index is 13.1. The molecule has 1 nitrogen and oxygen atoms in total. The molecule has 0 N–H and O–H groups in total. The Kier molecular flexibility index (Phi) is 4.15. The van der Waals surface area contributed by atoms with Crippen molar-refractivity contribution in [2.24, 2.45) is 0 Å². The number of rotatable bonds is 4. The molecule has 0 aliphatic carbocycles. The Bertz CT molecular complexity index is 402. The number of hydrogen-bond donors (Lipinski definition) is 0. The zero-order valence-corrected chi connectivity index (χ0v) is 9.48.